The fourth-order valence-corrected chi connectivity index (χ4v) is 3.88. The molecule has 1 saturated heterocycles. The van der Waals surface area contributed by atoms with E-state index in [1.54, 1.807) is 4.90 Å². The van der Waals surface area contributed by atoms with Crippen molar-refractivity contribution in [3.63, 3.8) is 0 Å². The van der Waals surface area contributed by atoms with E-state index in [0.29, 0.717) is 18.4 Å². The molecule has 2 atom stereocenters. The third-order valence-electron chi connectivity index (χ3n) is 5.58. The smallest absolute Gasteiger partial charge is 0.354 e. The molecule has 192 valence electrons. The zero-order chi connectivity index (χ0) is 26.2. The fourth-order valence-electron chi connectivity index (χ4n) is 3.88. The molecule has 1 aliphatic heterocycles. The lowest BCUT2D eigenvalue weighted by atomic mass is 10.1. The Hall–Kier alpha value is -3.61. The van der Waals surface area contributed by atoms with Crippen molar-refractivity contribution in [3.05, 3.63) is 63.9 Å². The Balaban J connectivity index is 1.80. The molecule has 1 aromatic carbocycles. The predicted octanol–water partition coefficient (Wildman–Crippen LogP) is 3.87. The van der Waals surface area contributed by atoms with Crippen LogP contribution in [0.2, 0.25) is 0 Å². The molecule has 3 heterocycles. The van der Waals surface area contributed by atoms with Gasteiger partial charge in [0.25, 0.3) is 5.91 Å². The molecular weight excluding hydrogens is 494 g/mol. The number of rotatable bonds is 6. The van der Waals surface area contributed by atoms with Gasteiger partial charge in [0.05, 0.1) is 30.3 Å². The number of alkyl halides is 4. The molecule has 0 radical (unpaired) electrons. The number of pyridine rings is 2. The SMILES string of the molecule is CC(COC(F)(F)F)NC(=O)c1cn(-c2ccc(F)cc2F)c2nc(N3CC[C@H](F)C3)ccc2c1=O. The number of amides is 1. The molecule has 0 saturated carbocycles. The molecule has 1 amide bonds. The number of carbonyl (C=O) groups excluding carboxylic acids is 1. The van der Waals surface area contributed by atoms with Crippen LogP contribution in [0.5, 0.6) is 0 Å². The monoisotopic (exact) mass is 514 g/mol. The normalized spacial score (nSPS) is 17.0. The molecule has 0 spiro atoms. The first-order valence-electron chi connectivity index (χ1n) is 10.9. The first-order valence-corrected chi connectivity index (χ1v) is 10.9. The Morgan fingerprint density at radius 3 is 2.64 bits per heavy atom. The molecule has 0 bridgehead atoms. The number of ether oxygens (including phenoxy) is 1. The lowest BCUT2D eigenvalue weighted by Gasteiger charge is -2.19. The van der Waals surface area contributed by atoms with Gasteiger partial charge in [0.15, 0.2) is 5.65 Å². The van der Waals surface area contributed by atoms with Crippen LogP contribution in [0.15, 0.2) is 41.3 Å². The number of hydrogen-bond acceptors (Lipinski definition) is 5. The van der Waals surface area contributed by atoms with Crippen LogP contribution in [-0.2, 0) is 4.74 Å². The number of nitrogens with zero attached hydrogens (tertiary/aromatic N) is 3. The Morgan fingerprint density at radius 2 is 2.00 bits per heavy atom. The lowest BCUT2D eigenvalue weighted by Crippen LogP contribution is -2.39. The van der Waals surface area contributed by atoms with Gasteiger partial charge in [-0.1, -0.05) is 0 Å². The summed E-state index contributed by atoms with van der Waals surface area (Å²) in [4.78, 5) is 32.0. The molecule has 3 aromatic rings. The zero-order valence-corrected chi connectivity index (χ0v) is 18.8. The average molecular weight is 514 g/mol. The van der Waals surface area contributed by atoms with E-state index < -0.39 is 53.7 Å². The summed E-state index contributed by atoms with van der Waals surface area (Å²) in [7, 11) is 0. The molecule has 0 aliphatic carbocycles. The summed E-state index contributed by atoms with van der Waals surface area (Å²) in [5, 5.41) is 2.13. The summed E-state index contributed by atoms with van der Waals surface area (Å²) in [6.07, 6.45) is -4.70. The zero-order valence-electron chi connectivity index (χ0n) is 18.8. The highest BCUT2D eigenvalue weighted by Gasteiger charge is 2.30. The maximum absolute atomic E-state index is 14.7. The second-order valence-corrected chi connectivity index (χ2v) is 8.34. The van der Waals surface area contributed by atoms with Crippen LogP contribution >= 0.6 is 0 Å². The van der Waals surface area contributed by atoms with Gasteiger partial charge in [-0.3, -0.25) is 18.9 Å². The van der Waals surface area contributed by atoms with E-state index in [-0.39, 0.29) is 29.7 Å². The van der Waals surface area contributed by atoms with Crippen LogP contribution in [0.25, 0.3) is 16.7 Å². The van der Waals surface area contributed by atoms with E-state index in [9.17, 15) is 35.9 Å². The molecular formula is C23H20F6N4O3. The third-order valence-corrected chi connectivity index (χ3v) is 5.58. The lowest BCUT2D eigenvalue weighted by molar-refractivity contribution is -0.325. The minimum Gasteiger partial charge on any atom is -0.354 e. The van der Waals surface area contributed by atoms with Gasteiger partial charge in [-0.2, -0.15) is 0 Å². The van der Waals surface area contributed by atoms with Crippen molar-refractivity contribution < 1.29 is 35.9 Å². The number of halogens is 6. The molecule has 13 heteroatoms. The molecule has 7 nitrogen and oxygen atoms in total. The maximum Gasteiger partial charge on any atom is 0.522 e. The van der Waals surface area contributed by atoms with Gasteiger partial charge in [0.2, 0.25) is 5.43 Å². The predicted molar refractivity (Wildman–Crippen MR) is 118 cm³/mol. The summed E-state index contributed by atoms with van der Waals surface area (Å²) in [6.45, 7) is 0.782. The minimum atomic E-state index is -4.91. The Kier molecular flexibility index (Phi) is 6.94. The summed E-state index contributed by atoms with van der Waals surface area (Å²) in [6, 6.07) is 4.32. The minimum absolute atomic E-state index is 0.0738. The number of hydrogen-bond donors (Lipinski definition) is 1. The first kappa shape index (κ1) is 25.5. The topological polar surface area (TPSA) is 76.5 Å². The molecule has 2 aromatic heterocycles. The summed E-state index contributed by atoms with van der Waals surface area (Å²) < 4.78 is 83.7. The highest BCUT2D eigenvalue weighted by atomic mass is 19.4. The Labute approximate surface area is 200 Å². The summed E-state index contributed by atoms with van der Waals surface area (Å²) in [5.74, 6) is -2.60. The van der Waals surface area contributed by atoms with Crippen LogP contribution in [0.3, 0.4) is 0 Å². The van der Waals surface area contributed by atoms with Crippen LogP contribution in [0.1, 0.15) is 23.7 Å². The van der Waals surface area contributed by atoms with E-state index in [1.165, 1.54) is 19.1 Å². The van der Waals surface area contributed by atoms with Crippen LogP contribution in [-0.4, -0.2) is 53.7 Å². The molecule has 1 fully saturated rings. The van der Waals surface area contributed by atoms with Gasteiger partial charge in [-0.05, 0) is 37.6 Å². The van der Waals surface area contributed by atoms with Gasteiger partial charge >= 0.3 is 6.36 Å². The van der Waals surface area contributed by atoms with Gasteiger partial charge in [-0.15, -0.1) is 13.2 Å². The van der Waals surface area contributed by atoms with Gasteiger partial charge in [0.1, 0.15) is 29.2 Å². The molecule has 1 N–H and O–H groups in total. The van der Waals surface area contributed by atoms with E-state index in [0.717, 1.165) is 22.9 Å². The quantitative estimate of drug-likeness (QED) is 0.506. The van der Waals surface area contributed by atoms with Crippen LogP contribution in [0.4, 0.5) is 32.2 Å². The second-order valence-electron chi connectivity index (χ2n) is 8.34. The number of carbonyl (C=O) groups is 1. The Morgan fingerprint density at radius 1 is 1.25 bits per heavy atom. The Bertz CT molecular complexity index is 1360. The van der Waals surface area contributed by atoms with Gasteiger partial charge in [0, 0.05) is 18.8 Å². The van der Waals surface area contributed by atoms with Crippen molar-refractivity contribution in [3.8, 4) is 5.69 Å². The first-order chi connectivity index (χ1) is 16.9. The van der Waals surface area contributed by atoms with Gasteiger partial charge in [-0.25, -0.2) is 18.2 Å². The maximum atomic E-state index is 14.7. The number of nitrogens with one attached hydrogen (secondary N) is 1. The highest BCUT2D eigenvalue weighted by Crippen LogP contribution is 2.25. The second kappa shape index (κ2) is 9.80. The largest absolute Gasteiger partial charge is 0.522 e. The van der Waals surface area contributed by atoms with E-state index >= 15 is 0 Å². The van der Waals surface area contributed by atoms with E-state index in [2.05, 4.69) is 15.0 Å². The number of fused-ring (bicyclic) bond motifs is 1. The average Bonchev–Trinajstić information content (AvgIpc) is 3.24. The summed E-state index contributed by atoms with van der Waals surface area (Å²) in [5.41, 5.74) is -1.63. The van der Waals surface area contributed by atoms with Crippen molar-refractivity contribution in [1.82, 2.24) is 14.9 Å². The van der Waals surface area contributed by atoms with Crippen molar-refractivity contribution in [2.24, 2.45) is 0 Å². The van der Waals surface area contributed by atoms with E-state index in [4.69, 9.17) is 0 Å². The highest BCUT2D eigenvalue weighted by molar-refractivity contribution is 5.97. The molecule has 36 heavy (non-hydrogen) atoms. The van der Waals surface area contributed by atoms with Crippen molar-refractivity contribution in [1.29, 1.82) is 0 Å². The van der Waals surface area contributed by atoms with Gasteiger partial charge < -0.3 is 10.2 Å². The standard InChI is InChI=1S/C23H20F6N4O3/c1-12(11-36-23(27,28)29)30-22(35)16-10-33(18-4-2-13(24)8-17(18)26)21-15(20(16)34)3-5-19(31-21)32-7-6-14(25)9-32/h2-5,8,10,12,14H,6-7,9,11H2,1H3,(H,30,35)/t12?,14-/m0/s1. The number of benzene rings is 1. The summed E-state index contributed by atoms with van der Waals surface area (Å²) >= 11 is 0. The third kappa shape index (κ3) is 5.45. The number of aromatic nitrogens is 2. The van der Waals surface area contributed by atoms with Crippen LogP contribution < -0.4 is 15.6 Å². The molecule has 4 rings (SSSR count). The van der Waals surface area contributed by atoms with Crippen LogP contribution in [0, 0.1) is 11.6 Å². The van der Waals surface area contributed by atoms with E-state index in [1.807, 2.05) is 0 Å². The molecule has 1 unspecified atom stereocenters. The molecule has 1 aliphatic rings. The van der Waals surface area contributed by atoms with Crippen molar-refractivity contribution in [2.75, 3.05) is 24.6 Å². The van der Waals surface area contributed by atoms with Crippen molar-refractivity contribution >= 4 is 22.8 Å². The number of anilines is 1. The fraction of sp³-hybridized carbons (Fsp3) is 0.348. The van der Waals surface area contributed by atoms with Crippen molar-refractivity contribution in [2.45, 2.75) is 31.9 Å².